The van der Waals surface area contributed by atoms with Crippen molar-refractivity contribution in [3.63, 3.8) is 0 Å². The van der Waals surface area contributed by atoms with Crippen molar-refractivity contribution < 1.29 is 4.79 Å². The number of nitrogens with zero attached hydrogens (tertiary/aromatic N) is 2. The molecule has 0 spiro atoms. The first kappa shape index (κ1) is 13.9. The molecule has 86 valence electrons. The van der Waals surface area contributed by atoms with Gasteiger partial charge >= 0.3 is 0 Å². The second-order valence-electron chi connectivity index (χ2n) is 4.77. The lowest BCUT2D eigenvalue weighted by molar-refractivity contribution is -0.136. The lowest BCUT2D eigenvalue weighted by Crippen LogP contribution is -2.52. The lowest BCUT2D eigenvalue weighted by Gasteiger charge is -2.30. The van der Waals surface area contributed by atoms with Crippen molar-refractivity contribution in [2.45, 2.75) is 39.7 Å². The SMILES string of the molecule is CC(C)CN(CCC#N)C(=O)C(C)(C)N. The highest BCUT2D eigenvalue weighted by atomic mass is 16.2. The Labute approximate surface area is 92.0 Å². The van der Waals surface area contributed by atoms with Gasteiger partial charge in [-0.15, -0.1) is 0 Å². The van der Waals surface area contributed by atoms with Crippen LogP contribution < -0.4 is 5.73 Å². The Hall–Kier alpha value is -1.08. The van der Waals surface area contributed by atoms with Gasteiger partial charge in [-0.1, -0.05) is 13.8 Å². The van der Waals surface area contributed by atoms with Gasteiger partial charge in [0.05, 0.1) is 18.0 Å². The number of hydrogen-bond donors (Lipinski definition) is 1. The lowest BCUT2D eigenvalue weighted by atomic mass is 10.0. The largest absolute Gasteiger partial charge is 0.340 e. The van der Waals surface area contributed by atoms with Crippen molar-refractivity contribution in [2.24, 2.45) is 11.7 Å². The van der Waals surface area contributed by atoms with Gasteiger partial charge in [0, 0.05) is 13.1 Å². The van der Waals surface area contributed by atoms with Gasteiger partial charge in [-0.25, -0.2) is 0 Å². The minimum absolute atomic E-state index is 0.0912. The zero-order valence-electron chi connectivity index (χ0n) is 10.1. The first-order valence-corrected chi connectivity index (χ1v) is 5.24. The van der Waals surface area contributed by atoms with Crippen LogP contribution in [0.15, 0.2) is 0 Å². The maximum Gasteiger partial charge on any atom is 0.242 e. The zero-order chi connectivity index (χ0) is 12.1. The summed E-state index contributed by atoms with van der Waals surface area (Å²) in [7, 11) is 0. The van der Waals surface area contributed by atoms with E-state index in [4.69, 9.17) is 11.0 Å². The Balaban J connectivity index is 4.49. The molecule has 0 atom stereocenters. The Morgan fingerprint density at radius 3 is 2.40 bits per heavy atom. The fourth-order valence-corrected chi connectivity index (χ4v) is 1.31. The predicted octanol–water partition coefficient (Wildman–Crippen LogP) is 1.12. The summed E-state index contributed by atoms with van der Waals surface area (Å²) in [6.45, 7) is 8.58. The number of nitriles is 1. The maximum absolute atomic E-state index is 11.9. The standard InChI is InChI=1S/C11H21N3O/c1-9(2)8-14(7-5-6-12)10(15)11(3,4)13/h9H,5,7-8,13H2,1-4H3. The van der Waals surface area contributed by atoms with Crippen LogP contribution >= 0.6 is 0 Å². The van der Waals surface area contributed by atoms with Crippen molar-refractivity contribution in [3.05, 3.63) is 0 Å². The van der Waals surface area contributed by atoms with E-state index in [0.29, 0.717) is 25.4 Å². The van der Waals surface area contributed by atoms with Crippen molar-refractivity contribution in [1.29, 1.82) is 5.26 Å². The van der Waals surface area contributed by atoms with E-state index in [9.17, 15) is 4.79 Å². The van der Waals surface area contributed by atoms with Gasteiger partial charge in [0.1, 0.15) is 0 Å². The van der Waals surface area contributed by atoms with E-state index in [1.165, 1.54) is 0 Å². The Morgan fingerprint density at radius 2 is 2.07 bits per heavy atom. The second-order valence-corrected chi connectivity index (χ2v) is 4.77. The van der Waals surface area contributed by atoms with Crippen molar-refractivity contribution in [2.75, 3.05) is 13.1 Å². The predicted molar refractivity (Wildman–Crippen MR) is 59.9 cm³/mol. The molecule has 1 amide bonds. The van der Waals surface area contributed by atoms with Crippen LogP contribution in [0.25, 0.3) is 0 Å². The molecule has 4 nitrogen and oxygen atoms in total. The third-order valence-corrected chi connectivity index (χ3v) is 1.92. The number of amides is 1. The molecule has 2 N–H and O–H groups in total. The molecule has 0 radical (unpaired) electrons. The molecule has 0 aromatic carbocycles. The molecule has 0 saturated carbocycles. The summed E-state index contributed by atoms with van der Waals surface area (Å²) in [4.78, 5) is 13.6. The molecule has 0 unspecified atom stereocenters. The molecule has 0 rings (SSSR count). The van der Waals surface area contributed by atoms with Gasteiger partial charge in [0.25, 0.3) is 0 Å². The molecule has 0 aromatic heterocycles. The highest BCUT2D eigenvalue weighted by Gasteiger charge is 2.27. The van der Waals surface area contributed by atoms with E-state index in [-0.39, 0.29) is 5.91 Å². The van der Waals surface area contributed by atoms with E-state index < -0.39 is 5.54 Å². The third kappa shape index (κ3) is 5.38. The number of carbonyl (C=O) groups is 1. The normalized spacial score (nSPS) is 11.3. The fourth-order valence-electron chi connectivity index (χ4n) is 1.31. The third-order valence-electron chi connectivity index (χ3n) is 1.92. The van der Waals surface area contributed by atoms with Gasteiger partial charge in [-0.2, -0.15) is 5.26 Å². The molecule has 0 bridgehead atoms. The van der Waals surface area contributed by atoms with Crippen LogP contribution in [0.5, 0.6) is 0 Å². The summed E-state index contributed by atoms with van der Waals surface area (Å²) in [5, 5.41) is 8.51. The molecular formula is C11H21N3O. The average Bonchev–Trinajstić information content (AvgIpc) is 2.09. The van der Waals surface area contributed by atoms with Crippen molar-refractivity contribution >= 4 is 5.91 Å². The number of nitrogens with two attached hydrogens (primary N) is 1. The quantitative estimate of drug-likeness (QED) is 0.741. The summed E-state index contributed by atoms with van der Waals surface area (Å²) >= 11 is 0. The summed E-state index contributed by atoms with van der Waals surface area (Å²) in [5.74, 6) is 0.293. The molecule has 4 heteroatoms. The van der Waals surface area contributed by atoms with E-state index >= 15 is 0 Å². The van der Waals surface area contributed by atoms with Gasteiger partial charge in [-0.05, 0) is 19.8 Å². The molecule has 0 fully saturated rings. The minimum Gasteiger partial charge on any atom is -0.340 e. The number of carbonyl (C=O) groups excluding carboxylic acids is 1. The van der Waals surface area contributed by atoms with E-state index in [2.05, 4.69) is 0 Å². The zero-order valence-corrected chi connectivity index (χ0v) is 10.1. The summed E-state index contributed by atoms with van der Waals surface area (Å²) in [6.07, 6.45) is 0.356. The first-order chi connectivity index (χ1) is 6.79. The Bertz CT molecular complexity index is 248. The van der Waals surface area contributed by atoms with Crippen LogP contribution in [-0.2, 0) is 4.79 Å². The van der Waals surface area contributed by atoms with Gasteiger partial charge < -0.3 is 10.6 Å². The van der Waals surface area contributed by atoms with Crippen molar-refractivity contribution in [1.82, 2.24) is 4.90 Å². The summed E-state index contributed by atoms with van der Waals surface area (Å²) < 4.78 is 0. The molecular weight excluding hydrogens is 190 g/mol. The molecule has 0 aromatic rings. The Kier molecular flexibility index (Phi) is 5.31. The highest BCUT2D eigenvalue weighted by Crippen LogP contribution is 2.08. The topological polar surface area (TPSA) is 70.1 Å². The van der Waals surface area contributed by atoms with Crippen LogP contribution in [0.4, 0.5) is 0 Å². The van der Waals surface area contributed by atoms with Crippen LogP contribution in [-0.4, -0.2) is 29.4 Å². The first-order valence-electron chi connectivity index (χ1n) is 5.24. The van der Waals surface area contributed by atoms with E-state index in [1.807, 2.05) is 19.9 Å². The summed E-state index contributed by atoms with van der Waals surface area (Å²) in [6, 6.07) is 2.04. The molecule has 0 aliphatic rings. The van der Waals surface area contributed by atoms with Crippen LogP contribution in [0.3, 0.4) is 0 Å². The number of hydrogen-bond acceptors (Lipinski definition) is 3. The molecule has 0 aliphatic heterocycles. The monoisotopic (exact) mass is 211 g/mol. The Morgan fingerprint density at radius 1 is 1.53 bits per heavy atom. The van der Waals surface area contributed by atoms with Gasteiger partial charge in [0.15, 0.2) is 0 Å². The average molecular weight is 211 g/mol. The smallest absolute Gasteiger partial charge is 0.242 e. The van der Waals surface area contributed by atoms with Crippen LogP contribution in [0.1, 0.15) is 34.1 Å². The number of rotatable bonds is 5. The minimum atomic E-state index is -0.857. The fraction of sp³-hybridized carbons (Fsp3) is 0.818. The summed E-state index contributed by atoms with van der Waals surface area (Å²) in [5.41, 5.74) is 4.90. The maximum atomic E-state index is 11.9. The van der Waals surface area contributed by atoms with E-state index in [1.54, 1.807) is 18.7 Å². The van der Waals surface area contributed by atoms with Gasteiger partial charge in [0.2, 0.25) is 5.91 Å². The highest BCUT2D eigenvalue weighted by molar-refractivity contribution is 5.85. The molecule has 0 heterocycles. The van der Waals surface area contributed by atoms with Gasteiger partial charge in [-0.3, -0.25) is 4.79 Å². The molecule has 0 saturated heterocycles. The van der Waals surface area contributed by atoms with E-state index in [0.717, 1.165) is 0 Å². The van der Waals surface area contributed by atoms with Crippen LogP contribution in [0, 0.1) is 17.2 Å². The second kappa shape index (κ2) is 5.72. The molecule has 15 heavy (non-hydrogen) atoms. The van der Waals surface area contributed by atoms with Crippen molar-refractivity contribution in [3.8, 4) is 6.07 Å². The van der Waals surface area contributed by atoms with Crippen LogP contribution in [0.2, 0.25) is 0 Å². The molecule has 0 aliphatic carbocycles.